The van der Waals surface area contributed by atoms with Crippen molar-refractivity contribution in [3.05, 3.63) is 42.5 Å². The number of nitrogens with one attached hydrogen (secondary N) is 2. The number of amides is 1. The molecule has 2 bridgehead atoms. The number of ether oxygens (including phenoxy) is 1. The van der Waals surface area contributed by atoms with Crippen molar-refractivity contribution in [3.63, 3.8) is 0 Å². The minimum absolute atomic E-state index is 0.160. The monoisotopic (exact) mass is 338 g/mol. The predicted molar refractivity (Wildman–Crippen MR) is 99.7 cm³/mol. The normalized spacial score (nSPS) is 25.0. The van der Waals surface area contributed by atoms with Crippen molar-refractivity contribution in [2.75, 3.05) is 13.2 Å². The third-order valence-electron chi connectivity index (χ3n) is 5.48. The molecule has 0 saturated carbocycles. The van der Waals surface area contributed by atoms with E-state index in [0.29, 0.717) is 37.6 Å². The number of piperidine rings is 1. The van der Waals surface area contributed by atoms with Gasteiger partial charge in [-0.1, -0.05) is 36.4 Å². The number of hydrogen-bond acceptors (Lipinski definition) is 3. The van der Waals surface area contributed by atoms with Crippen molar-refractivity contribution in [1.82, 2.24) is 10.6 Å². The summed E-state index contributed by atoms with van der Waals surface area (Å²) in [5, 5.41) is 8.92. The van der Waals surface area contributed by atoms with Gasteiger partial charge in [-0.15, -0.1) is 0 Å². The van der Waals surface area contributed by atoms with Crippen LogP contribution in [0.15, 0.2) is 42.5 Å². The van der Waals surface area contributed by atoms with Gasteiger partial charge in [-0.2, -0.15) is 0 Å². The van der Waals surface area contributed by atoms with Crippen LogP contribution in [0, 0.1) is 5.92 Å². The van der Waals surface area contributed by atoms with Gasteiger partial charge in [0.1, 0.15) is 12.4 Å². The lowest BCUT2D eigenvalue weighted by Crippen LogP contribution is -2.40. The lowest BCUT2D eigenvalue weighted by molar-refractivity contribution is -0.122. The minimum atomic E-state index is 0.160. The predicted octanol–water partition coefficient (Wildman–Crippen LogP) is 3.26. The van der Waals surface area contributed by atoms with Crippen molar-refractivity contribution < 1.29 is 9.53 Å². The Labute approximate surface area is 148 Å². The van der Waals surface area contributed by atoms with Crippen molar-refractivity contribution in [3.8, 4) is 5.75 Å². The number of rotatable bonds is 6. The first-order valence-electron chi connectivity index (χ1n) is 9.41. The van der Waals surface area contributed by atoms with Crippen LogP contribution in [0.2, 0.25) is 0 Å². The molecule has 2 aromatic rings. The number of hydrogen-bond donors (Lipinski definition) is 2. The molecule has 4 rings (SSSR count). The van der Waals surface area contributed by atoms with Crippen LogP contribution in [0.3, 0.4) is 0 Å². The second-order valence-corrected chi connectivity index (χ2v) is 7.36. The van der Waals surface area contributed by atoms with Gasteiger partial charge in [-0.3, -0.25) is 4.79 Å². The number of carbonyl (C=O) groups is 1. The fourth-order valence-corrected chi connectivity index (χ4v) is 4.35. The summed E-state index contributed by atoms with van der Waals surface area (Å²) < 4.78 is 5.88. The van der Waals surface area contributed by atoms with Gasteiger partial charge >= 0.3 is 0 Å². The summed E-state index contributed by atoms with van der Waals surface area (Å²) in [6.07, 6.45) is 5.51. The van der Waals surface area contributed by atoms with Crippen molar-refractivity contribution >= 4 is 16.7 Å². The highest BCUT2D eigenvalue weighted by Crippen LogP contribution is 2.32. The Morgan fingerprint density at radius 2 is 1.84 bits per heavy atom. The fourth-order valence-electron chi connectivity index (χ4n) is 4.35. The molecule has 25 heavy (non-hydrogen) atoms. The van der Waals surface area contributed by atoms with E-state index in [9.17, 15) is 4.79 Å². The molecule has 0 radical (unpaired) electrons. The molecule has 2 fully saturated rings. The van der Waals surface area contributed by atoms with Crippen LogP contribution in [0.1, 0.15) is 32.1 Å². The molecule has 2 aliphatic heterocycles. The number of benzene rings is 2. The summed E-state index contributed by atoms with van der Waals surface area (Å²) in [6.45, 7) is 1.05. The zero-order chi connectivity index (χ0) is 17.1. The van der Waals surface area contributed by atoms with Gasteiger partial charge < -0.3 is 15.4 Å². The molecule has 0 aliphatic carbocycles. The highest BCUT2D eigenvalue weighted by molar-refractivity contribution is 5.88. The second kappa shape index (κ2) is 7.44. The number of fused-ring (bicyclic) bond motifs is 3. The summed E-state index contributed by atoms with van der Waals surface area (Å²) >= 11 is 0. The molecule has 4 nitrogen and oxygen atoms in total. The van der Waals surface area contributed by atoms with Crippen LogP contribution >= 0.6 is 0 Å². The lowest BCUT2D eigenvalue weighted by Gasteiger charge is -2.28. The zero-order valence-electron chi connectivity index (χ0n) is 14.5. The van der Waals surface area contributed by atoms with E-state index in [0.717, 1.165) is 24.0 Å². The van der Waals surface area contributed by atoms with E-state index in [1.54, 1.807) is 0 Å². The van der Waals surface area contributed by atoms with Crippen LogP contribution in [-0.2, 0) is 4.79 Å². The van der Waals surface area contributed by atoms with Gasteiger partial charge in [-0.05, 0) is 43.1 Å². The third-order valence-corrected chi connectivity index (χ3v) is 5.48. The Balaban J connectivity index is 1.22. The van der Waals surface area contributed by atoms with E-state index < -0.39 is 0 Å². The first-order valence-corrected chi connectivity index (χ1v) is 9.41. The maximum Gasteiger partial charge on any atom is 0.220 e. The average molecular weight is 338 g/mol. The lowest BCUT2D eigenvalue weighted by atomic mass is 9.89. The Morgan fingerprint density at radius 3 is 2.68 bits per heavy atom. The van der Waals surface area contributed by atoms with Gasteiger partial charge in [-0.25, -0.2) is 0 Å². The van der Waals surface area contributed by atoms with Gasteiger partial charge in [0.15, 0.2) is 0 Å². The van der Waals surface area contributed by atoms with Crippen LogP contribution in [0.25, 0.3) is 10.8 Å². The van der Waals surface area contributed by atoms with Gasteiger partial charge in [0.05, 0.1) is 6.54 Å². The molecule has 2 atom stereocenters. The van der Waals surface area contributed by atoms with Crippen LogP contribution in [0.4, 0.5) is 0 Å². The smallest absolute Gasteiger partial charge is 0.220 e. The summed E-state index contributed by atoms with van der Waals surface area (Å²) in [5.74, 6) is 1.58. The molecule has 0 spiro atoms. The molecule has 132 valence electrons. The SMILES string of the molecule is O=C(CC1CC2CCC(C1)N2)NCCOc1cccc2ccccc12. The Morgan fingerprint density at radius 1 is 1.08 bits per heavy atom. The largest absolute Gasteiger partial charge is 0.491 e. The van der Waals surface area contributed by atoms with E-state index >= 15 is 0 Å². The van der Waals surface area contributed by atoms with E-state index in [4.69, 9.17) is 4.74 Å². The van der Waals surface area contributed by atoms with Gasteiger partial charge in [0, 0.05) is 23.9 Å². The standard InChI is InChI=1S/C21H26N2O2/c24-21(14-15-12-17-8-9-18(13-15)23-17)22-10-11-25-20-7-3-5-16-4-1-2-6-19(16)20/h1-7,15,17-18,23H,8-14H2,(H,22,24). The topological polar surface area (TPSA) is 50.4 Å². The molecule has 0 aromatic heterocycles. The molecule has 2 saturated heterocycles. The molecule has 2 unspecified atom stereocenters. The van der Waals surface area contributed by atoms with Crippen molar-refractivity contribution in [2.45, 2.75) is 44.2 Å². The molecule has 2 aliphatic rings. The Hall–Kier alpha value is -2.07. The first-order chi connectivity index (χ1) is 12.3. The van der Waals surface area contributed by atoms with E-state index in [2.05, 4.69) is 28.8 Å². The quantitative estimate of drug-likeness (QED) is 0.795. The highest BCUT2D eigenvalue weighted by atomic mass is 16.5. The van der Waals surface area contributed by atoms with Crippen molar-refractivity contribution in [1.29, 1.82) is 0 Å². The van der Waals surface area contributed by atoms with Crippen LogP contribution in [-0.4, -0.2) is 31.1 Å². The summed E-state index contributed by atoms with van der Waals surface area (Å²) in [4.78, 5) is 12.2. The summed E-state index contributed by atoms with van der Waals surface area (Å²) in [6, 6.07) is 15.5. The number of carbonyl (C=O) groups excluding carboxylic acids is 1. The van der Waals surface area contributed by atoms with Crippen LogP contribution in [0.5, 0.6) is 5.75 Å². The zero-order valence-corrected chi connectivity index (χ0v) is 14.5. The Kier molecular flexibility index (Phi) is 4.88. The summed E-state index contributed by atoms with van der Waals surface area (Å²) in [5.41, 5.74) is 0. The molecule has 4 heteroatoms. The summed E-state index contributed by atoms with van der Waals surface area (Å²) in [7, 11) is 0. The average Bonchev–Trinajstić information content (AvgIpc) is 2.97. The maximum absolute atomic E-state index is 12.2. The van der Waals surface area contributed by atoms with Crippen molar-refractivity contribution in [2.24, 2.45) is 5.92 Å². The van der Waals surface area contributed by atoms with Gasteiger partial charge in [0.25, 0.3) is 0 Å². The van der Waals surface area contributed by atoms with E-state index in [1.165, 1.54) is 18.2 Å². The second-order valence-electron chi connectivity index (χ2n) is 7.36. The maximum atomic E-state index is 12.2. The Bertz CT molecular complexity index is 728. The molecule has 2 heterocycles. The van der Waals surface area contributed by atoms with Gasteiger partial charge in [0.2, 0.25) is 5.91 Å². The molecule has 2 N–H and O–H groups in total. The van der Waals surface area contributed by atoms with E-state index in [1.807, 2.05) is 24.3 Å². The minimum Gasteiger partial charge on any atom is -0.491 e. The molecule has 2 aromatic carbocycles. The molecule has 1 amide bonds. The molecular formula is C21H26N2O2. The fraction of sp³-hybridized carbons (Fsp3) is 0.476. The van der Waals surface area contributed by atoms with Crippen LogP contribution < -0.4 is 15.4 Å². The molecular weight excluding hydrogens is 312 g/mol. The highest BCUT2D eigenvalue weighted by Gasteiger charge is 2.34. The third kappa shape index (κ3) is 3.96. The van der Waals surface area contributed by atoms with E-state index in [-0.39, 0.29) is 5.91 Å². The first kappa shape index (κ1) is 16.4.